The molecule has 0 radical (unpaired) electrons. The molecule has 2 aliphatic rings. The largest absolute Gasteiger partial charge is 0.433 e. The number of benzene rings is 1. The van der Waals surface area contributed by atoms with Gasteiger partial charge in [-0.1, -0.05) is 6.07 Å². The number of fused-ring (bicyclic) bond motifs is 1. The molecule has 1 unspecified atom stereocenters. The van der Waals surface area contributed by atoms with Gasteiger partial charge in [-0.05, 0) is 63.1 Å². The van der Waals surface area contributed by atoms with Gasteiger partial charge in [-0.15, -0.1) is 11.3 Å². The normalized spacial score (nSPS) is 22.3. The lowest BCUT2D eigenvalue weighted by Crippen LogP contribution is -2.31. The average molecular weight is 447 g/mol. The highest BCUT2D eigenvalue weighted by molar-refractivity contribution is 7.18. The zero-order valence-corrected chi connectivity index (χ0v) is 18.5. The Hall–Kier alpha value is -2.19. The van der Waals surface area contributed by atoms with Crippen LogP contribution >= 0.6 is 11.3 Å². The van der Waals surface area contributed by atoms with E-state index in [2.05, 4.69) is 38.0 Å². The number of aromatic nitrogens is 2. The van der Waals surface area contributed by atoms with Crippen molar-refractivity contribution < 1.29 is 13.2 Å². The molecule has 2 saturated heterocycles. The summed E-state index contributed by atoms with van der Waals surface area (Å²) < 4.78 is 40.8. The molecule has 5 rings (SSSR count). The summed E-state index contributed by atoms with van der Waals surface area (Å²) in [5, 5.41) is 1.08. The topological polar surface area (TPSA) is 32.3 Å². The summed E-state index contributed by atoms with van der Waals surface area (Å²) in [6.45, 7) is 8.14. The lowest BCUT2D eigenvalue weighted by atomic mass is 9.86. The molecule has 1 atom stereocenters. The third-order valence-electron chi connectivity index (χ3n) is 6.51. The van der Waals surface area contributed by atoms with Gasteiger partial charge in [0, 0.05) is 43.0 Å². The zero-order chi connectivity index (χ0) is 21.8. The highest BCUT2D eigenvalue weighted by atomic mass is 32.1. The van der Waals surface area contributed by atoms with E-state index in [1.165, 1.54) is 16.3 Å². The van der Waals surface area contributed by atoms with E-state index >= 15 is 0 Å². The number of hydrogen-bond acceptors (Lipinski definition) is 5. The van der Waals surface area contributed by atoms with E-state index in [9.17, 15) is 13.2 Å². The molecule has 3 aromatic rings. The average Bonchev–Trinajstić information content (AvgIpc) is 3.39. The molecule has 2 aliphatic heterocycles. The van der Waals surface area contributed by atoms with Crippen molar-refractivity contribution in [3.05, 3.63) is 52.3 Å². The number of halogens is 3. The van der Waals surface area contributed by atoms with Gasteiger partial charge in [0.05, 0.1) is 15.2 Å². The van der Waals surface area contributed by atoms with Crippen LogP contribution in [0, 0.1) is 19.3 Å². The minimum absolute atomic E-state index is 0.150. The Morgan fingerprint density at radius 1 is 1.03 bits per heavy atom. The predicted octanol–water partition coefficient (Wildman–Crippen LogP) is 5.43. The van der Waals surface area contributed by atoms with Gasteiger partial charge in [-0.3, -0.25) is 4.90 Å². The first-order chi connectivity index (χ1) is 14.7. The van der Waals surface area contributed by atoms with Crippen LogP contribution in [-0.4, -0.2) is 41.0 Å². The smallest absolute Gasteiger partial charge is 0.371 e. The zero-order valence-electron chi connectivity index (χ0n) is 17.7. The lowest BCUT2D eigenvalue weighted by molar-refractivity contribution is -0.141. The maximum absolute atomic E-state index is 13.2. The SMILES string of the molecule is Cc1cc(N2CCC3(CCN(Cc4ccc5sc(C)nc5c4)C3)C2)cc(C(F)(F)F)n1. The summed E-state index contributed by atoms with van der Waals surface area (Å²) in [7, 11) is 0. The van der Waals surface area contributed by atoms with Crippen LogP contribution in [0.25, 0.3) is 10.2 Å². The van der Waals surface area contributed by atoms with E-state index < -0.39 is 11.9 Å². The third-order valence-corrected chi connectivity index (χ3v) is 7.47. The van der Waals surface area contributed by atoms with Crippen LogP contribution in [0.4, 0.5) is 18.9 Å². The number of thiazole rings is 1. The first-order valence-corrected chi connectivity index (χ1v) is 11.4. The second-order valence-corrected chi connectivity index (χ2v) is 10.3. The molecule has 0 amide bonds. The minimum atomic E-state index is -4.42. The second kappa shape index (κ2) is 7.45. The van der Waals surface area contributed by atoms with Gasteiger partial charge in [-0.25, -0.2) is 9.97 Å². The Morgan fingerprint density at radius 3 is 2.65 bits per heavy atom. The van der Waals surface area contributed by atoms with E-state index in [-0.39, 0.29) is 5.41 Å². The number of nitrogens with zero attached hydrogens (tertiary/aromatic N) is 4. The summed E-state index contributed by atoms with van der Waals surface area (Å²) in [6, 6.07) is 9.49. The van der Waals surface area contributed by atoms with Crippen LogP contribution < -0.4 is 4.90 Å². The van der Waals surface area contributed by atoms with E-state index in [0.29, 0.717) is 11.4 Å². The summed E-state index contributed by atoms with van der Waals surface area (Å²) in [5.74, 6) is 0. The van der Waals surface area contributed by atoms with Crippen LogP contribution in [0.15, 0.2) is 30.3 Å². The maximum atomic E-state index is 13.2. The maximum Gasteiger partial charge on any atom is 0.433 e. The van der Waals surface area contributed by atoms with Gasteiger partial charge in [0.25, 0.3) is 0 Å². The monoisotopic (exact) mass is 446 g/mol. The number of rotatable bonds is 3. The van der Waals surface area contributed by atoms with E-state index in [1.807, 2.05) is 6.92 Å². The van der Waals surface area contributed by atoms with Crippen LogP contribution in [-0.2, 0) is 12.7 Å². The van der Waals surface area contributed by atoms with Crippen molar-refractivity contribution in [3.63, 3.8) is 0 Å². The van der Waals surface area contributed by atoms with Gasteiger partial charge in [0.15, 0.2) is 0 Å². The molecule has 164 valence electrons. The minimum Gasteiger partial charge on any atom is -0.371 e. The Morgan fingerprint density at radius 2 is 1.84 bits per heavy atom. The first kappa shape index (κ1) is 20.7. The van der Waals surface area contributed by atoms with Crippen LogP contribution in [0.2, 0.25) is 0 Å². The first-order valence-electron chi connectivity index (χ1n) is 10.6. The summed E-state index contributed by atoms with van der Waals surface area (Å²) >= 11 is 1.72. The summed E-state index contributed by atoms with van der Waals surface area (Å²) in [5.41, 5.74) is 2.73. The highest BCUT2D eigenvalue weighted by Gasteiger charge is 2.44. The number of alkyl halides is 3. The number of pyridine rings is 1. The fourth-order valence-electron chi connectivity index (χ4n) is 5.07. The number of likely N-dealkylation sites (tertiary alicyclic amines) is 1. The molecule has 8 heteroatoms. The van der Waals surface area contributed by atoms with Gasteiger partial charge < -0.3 is 4.90 Å². The van der Waals surface area contributed by atoms with Crippen molar-refractivity contribution in [2.45, 2.75) is 39.4 Å². The quantitative estimate of drug-likeness (QED) is 0.537. The molecule has 4 heterocycles. The van der Waals surface area contributed by atoms with Crippen LogP contribution in [0.5, 0.6) is 0 Å². The molecule has 0 N–H and O–H groups in total. The Balaban J connectivity index is 1.28. The van der Waals surface area contributed by atoms with Gasteiger partial charge in [0.2, 0.25) is 0 Å². The molecule has 2 fully saturated rings. The Bertz CT molecular complexity index is 1130. The second-order valence-electron chi connectivity index (χ2n) is 9.02. The Kier molecular flexibility index (Phi) is 4.97. The van der Waals surface area contributed by atoms with E-state index in [0.717, 1.165) is 56.1 Å². The molecule has 0 bridgehead atoms. The summed E-state index contributed by atoms with van der Waals surface area (Å²) in [4.78, 5) is 12.9. The molecule has 0 aliphatic carbocycles. The standard InChI is InChI=1S/C23H25F3N4S/c1-15-9-18(11-21(27-15)23(24,25)26)30-8-6-22(14-30)5-7-29(13-22)12-17-3-4-20-19(10-17)28-16(2)31-20/h3-4,9-11H,5-8,12-14H2,1-2H3. The molecule has 31 heavy (non-hydrogen) atoms. The molecular weight excluding hydrogens is 421 g/mol. The molecule has 4 nitrogen and oxygen atoms in total. The molecular formula is C23H25F3N4S. The fourth-order valence-corrected chi connectivity index (χ4v) is 5.88. The van der Waals surface area contributed by atoms with Crippen LogP contribution in [0.3, 0.4) is 0 Å². The third kappa shape index (κ3) is 4.15. The molecule has 0 saturated carbocycles. The van der Waals surface area contributed by atoms with Crippen molar-refractivity contribution in [2.24, 2.45) is 5.41 Å². The van der Waals surface area contributed by atoms with Gasteiger partial charge >= 0.3 is 6.18 Å². The highest BCUT2D eigenvalue weighted by Crippen LogP contribution is 2.42. The van der Waals surface area contributed by atoms with E-state index in [4.69, 9.17) is 0 Å². The molecule has 2 aromatic heterocycles. The van der Waals surface area contributed by atoms with E-state index in [1.54, 1.807) is 24.3 Å². The van der Waals surface area contributed by atoms with Crippen LogP contribution in [0.1, 0.15) is 34.8 Å². The number of aryl methyl sites for hydroxylation is 2. The van der Waals surface area contributed by atoms with Crippen molar-refractivity contribution in [1.82, 2.24) is 14.9 Å². The number of hydrogen-bond donors (Lipinski definition) is 0. The molecule has 1 aromatic carbocycles. The van der Waals surface area contributed by atoms with Crippen molar-refractivity contribution in [1.29, 1.82) is 0 Å². The van der Waals surface area contributed by atoms with Crippen molar-refractivity contribution in [2.75, 3.05) is 31.1 Å². The van der Waals surface area contributed by atoms with Gasteiger partial charge in [-0.2, -0.15) is 13.2 Å². The van der Waals surface area contributed by atoms with Crippen molar-refractivity contribution in [3.8, 4) is 0 Å². The lowest BCUT2D eigenvalue weighted by Gasteiger charge is -2.26. The summed E-state index contributed by atoms with van der Waals surface area (Å²) in [6.07, 6.45) is -2.33. The number of anilines is 1. The van der Waals surface area contributed by atoms with Crippen molar-refractivity contribution >= 4 is 27.2 Å². The predicted molar refractivity (Wildman–Crippen MR) is 117 cm³/mol. The Labute approximate surface area is 183 Å². The molecule has 1 spiro atoms. The fraction of sp³-hybridized carbons (Fsp3) is 0.478. The van der Waals surface area contributed by atoms with Gasteiger partial charge in [0.1, 0.15) is 5.69 Å².